The van der Waals surface area contributed by atoms with Crippen LogP contribution in [0, 0.1) is 22.0 Å². The maximum absolute atomic E-state index is 10.1. The monoisotopic (exact) mass is 218 g/mol. The van der Waals surface area contributed by atoms with Crippen molar-refractivity contribution >= 4 is 5.82 Å². The lowest BCUT2D eigenvalue weighted by Gasteiger charge is -2.03. The van der Waals surface area contributed by atoms with Gasteiger partial charge in [-0.15, -0.1) is 0 Å². The lowest BCUT2D eigenvalue weighted by molar-refractivity contribution is -0.466. The summed E-state index contributed by atoms with van der Waals surface area (Å²) in [7, 11) is 0. The Hall–Kier alpha value is -2.16. The number of anilines is 1. The van der Waals surface area contributed by atoms with Crippen molar-refractivity contribution in [3.05, 3.63) is 28.2 Å². The van der Waals surface area contributed by atoms with Gasteiger partial charge in [0.25, 0.3) is 6.54 Å². The van der Waals surface area contributed by atoms with E-state index in [0.29, 0.717) is 17.4 Å². The van der Waals surface area contributed by atoms with Gasteiger partial charge in [0, 0.05) is 17.2 Å². The zero-order valence-corrected chi connectivity index (χ0v) is 8.51. The Kier molecular flexibility index (Phi) is 2.96. The summed E-state index contributed by atoms with van der Waals surface area (Å²) in [5.41, 5.74) is 0.608. The first-order valence-electron chi connectivity index (χ1n) is 4.93. The molecule has 1 saturated carbocycles. The van der Waals surface area contributed by atoms with Gasteiger partial charge in [-0.1, -0.05) is 5.92 Å². The standard InChI is InChI=1S/C10H10N4O2/c15-14(16)5-1-2-8-6-11-7-12-10(8)13-9-3-4-9/h6-7,9H,3-5H2,(H,11,12,13). The van der Waals surface area contributed by atoms with Gasteiger partial charge in [0.1, 0.15) is 12.1 Å². The molecule has 0 spiro atoms. The Bertz CT molecular complexity index is 459. The normalized spacial score (nSPS) is 13.8. The summed E-state index contributed by atoms with van der Waals surface area (Å²) in [5, 5.41) is 13.3. The third-order valence-electron chi connectivity index (χ3n) is 2.06. The van der Waals surface area contributed by atoms with E-state index >= 15 is 0 Å². The maximum Gasteiger partial charge on any atom is 0.263 e. The van der Waals surface area contributed by atoms with Crippen molar-refractivity contribution in [2.45, 2.75) is 18.9 Å². The Morgan fingerprint density at radius 3 is 3.12 bits per heavy atom. The Morgan fingerprint density at radius 1 is 1.62 bits per heavy atom. The second-order valence-electron chi connectivity index (χ2n) is 3.50. The minimum atomic E-state index is -0.467. The topological polar surface area (TPSA) is 81.0 Å². The molecule has 1 heterocycles. The van der Waals surface area contributed by atoms with Gasteiger partial charge in [-0.25, -0.2) is 9.97 Å². The van der Waals surface area contributed by atoms with E-state index in [0.717, 1.165) is 12.8 Å². The number of nitrogens with one attached hydrogen (secondary N) is 1. The summed E-state index contributed by atoms with van der Waals surface area (Å²) in [5.74, 6) is 5.83. The average Bonchev–Trinajstić information content (AvgIpc) is 3.04. The fourth-order valence-corrected chi connectivity index (χ4v) is 1.16. The first-order valence-corrected chi connectivity index (χ1v) is 4.93. The predicted octanol–water partition coefficient (Wildman–Crippen LogP) is 0.679. The summed E-state index contributed by atoms with van der Waals surface area (Å²) in [6.07, 6.45) is 5.26. The van der Waals surface area contributed by atoms with Crippen molar-refractivity contribution in [3.63, 3.8) is 0 Å². The molecule has 1 aromatic heterocycles. The van der Waals surface area contributed by atoms with Gasteiger partial charge >= 0.3 is 0 Å². The maximum atomic E-state index is 10.1. The zero-order chi connectivity index (χ0) is 11.4. The van der Waals surface area contributed by atoms with Gasteiger partial charge in [-0.05, 0) is 18.8 Å². The van der Waals surface area contributed by atoms with Crippen LogP contribution in [0.25, 0.3) is 0 Å². The molecule has 0 radical (unpaired) electrons. The molecule has 0 unspecified atom stereocenters. The highest BCUT2D eigenvalue weighted by Crippen LogP contribution is 2.24. The fraction of sp³-hybridized carbons (Fsp3) is 0.400. The number of nitro groups is 1. The van der Waals surface area contributed by atoms with E-state index in [4.69, 9.17) is 0 Å². The van der Waals surface area contributed by atoms with Gasteiger partial charge in [-0.2, -0.15) is 0 Å². The van der Waals surface area contributed by atoms with E-state index < -0.39 is 4.92 Å². The molecule has 1 aliphatic carbocycles. The van der Waals surface area contributed by atoms with E-state index in [1.165, 1.54) is 6.33 Å². The van der Waals surface area contributed by atoms with Crippen LogP contribution in [0.2, 0.25) is 0 Å². The van der Waals surface area contributed by atoms with Gasteiger partial charge in [0.15, 0.2) is 0 Å². The molecule has 0 atom stereocenters. The number of aromatic nitrogens is 2. The molecule has 0 amide bonds. The van der Waals surface area contributed by atoms with Crippen LogP contribution in [-0.2, 0) is 0 Å². The quantitative estimate of drug-likeness (QED) is 0.458. The molecule has 0 bridgehead atoms. The van der Waals surface area contributed by atoms with Crippen molar-refractivity contribution in [3.8, 4) is 11.8 Å². The molecule has 0 aromatic carbocycles. The minimum Gasteiger partial charge on any atom is -0.366 e. The second kappa shape index (κ2) is 4.57. The molecule has 6 nitrogen and oxygen atoms in total. The molecular formula is C10H10N4O2. The molecule has 0 saturated heterocycles. The van der Waals surface area contributed by atoms with Gasteiger partial charge in [0.05, 0.1) is 5.56 Å². The van der Waals surface area contributed by atoms with Gasteiger partial charge in [0.2, 0.25) is 0 Å². The summed E-state index contributed by atoms with van der Waals surface area (Å²) < 4.78 is 0. The molecule has 16 heavy (non-hydrogen) atoms. The smallest absolute Gasteiger partial charge is 0.263 e. The van der Waals surface area contributed by atoms with Crippen LogP contribution in [0.3, 0.4) is 0 Å². The van der Waals surface area contributed by atoms with Crippen LogP contribution in [0.15, 0.2) is 12.5 Å². The molecule has 1 aromatic rings. The molecule has 0 aliphatic heterocycles. The van der Waals surface area contributed by atoms with Crippen molar-refractivity contribution in [1.29, 1.82) is 0 Å². The van der Waals surface area contributed by atoms with E-state index in [1.807, 2.05) is 0 Å². The third kappa shape index (κ3) is 2.92. The number of hydrogen-bond acceptors (Lipinski definition) is 5. The summed E-state index contributed by atoms with van der Waals surface area (Å²) in [6, 6.07) is 0.464. The largest absolute Gasteiger partial charge is 0.366 e. The summed E-state index contributed by atoms with van der Waals surface area (Å²) in [4.78, 5) is 17.6. The molecule has 1 N–H and O–H groups in total. The van der Waals surface area contributed by atoms with E-state index in [-0.39, 0.29) is 6.54 Å². The van der Waals surface area contributed by atoms with Crippen LogP contribution < -0.4 is 5.32 Å². The van der Waals surface area contributed by atoms with Crippen LogP contribution >= 0.6 is 0 Å². The summed E-state index contributed by atoms with van der Waals surface area (Å²) >= 11 is 0. The molecule has 2 rings (SSSR count). The molecular weight excluding hydrogens is 208 g/mol. The Balaban J connectivity index is 2.10. The fourth-order valence-electron chi connectivity index (χ4n) is 1.16. The Labute approximate surface area is 92.3 Å². The third-order valence-corrected chi connectivity index (χ3v) is 2.06. The van der Waals surface area contributed by atoms with Crippen LogP contribution in [0.1, 0.15) is 18.4 Å². The first kappa shape index (κ1) is 10.4. The SMILES string of the molecule is O=[N+]([O-])CC#Cc1cncnc1NC1CC1. The number of hydrogen-bond donors (Lipinski definition) is 1. The highest BCUT2D eigenvalue weighted by Gasteiger charge is 2.22. The Morgan fingerprint density at radius 2 is 2.44 bits per heavy atom. The lowest BCUT2D eigenvalue weighted by Crippen LogP contribution is -2.05. The minimum absolute atomic E-state index is 0.363. The van der Waals surface area contributed by atoms with Crippen molar-refractivity contribution in [1.82, 2.24) is 9.97 Å². The van der Waals surface area contributed by atoms with Crippen molar-refractivity contribution in [2.24, 2.45) is 0 Å². The first-order chi connectivity index (χ1) is 7.75. The van der Waals surface area contributed by atoms with Crippen LogP contribution in [0.5, 0.6) is 0 Å². The molecule has 1 aliphatic rings. The van der Waals surface area contributed by atoms with Crippen molar-refractivity contribution in [2.75, 3.05) is 11.9 Å². The van der Waals surface area contributed by atoms with Crippen LogP contribution in [0.4, 0.5) is 5.82 Å². The van der Waals surface area contributed by atoms with Crippen LogP contribution in [-0.4, -0.2) is 27.5 Å². The van der Waals surface area contributed by atoms with Gasteiger partial charge in [-0.3, -0.25) is 10.1 Å². The predicted molar refractivity (Wildman–Crippen MR) is 57.4 cm³/mol. The molecule has 82 valence electrons. The van der Waals surface area contributed by atoms with Gasteiger partial charge < -0.3 is 5.32 Å². The van der Waals surface area contributed by atoms with E-state index in [1.54, 1.807) is 6.20 Å². The molecule has 1 fully saturated rings. The van der Waals surface area contributed by atoms with E-state index in [9.17, 15) is 10.1 Å². The lowest BCUT2D eigenvalue weighted by atomic mass is 10.3. The number of nitrogens with zero attached hydrogens (tertiary/aromatic N) is 3. The molecule has 6 heteroatoms. The number of rotatable bonds is 3. The van der Waals surface area contributed by atoms with Crippen molar-refractivity contribution < 1.29 is 4.92 Å². The highest BCUT2D eigenvalue weighted by atomic mass is 16.6. The zero-order valence-electron chi connectivity index (χ0n) is 8.51. The second-order valence-corrected chi connectivity index (χ2v) is 3.50. The van der Waals surface area contributed by atoms with E-state index in [2.05, 4.69) is 27.1 Å². The highest BCUT2D eigenvalue weighted by molar-refractivity contribution is 5.53. The summed E-state index contributed by atoms with van der Waals surface area (Å²) in [6.45, 7) is -0.363. The average molecular weight is 218 g/mol.